The van der Waals surface area contributed by atoms with Gasteiger partial charge in [-0.15, -0.1) is 0 Å². The average Bonchev–Trinajstić information content (AvgIpc) is 2.78. The first-order valence-electron chi connectivity index (χ1n) is 6.57. The predicted molar refractivity (Wildman–Crippen MR) is 68.8 cm³/mol. The van der Waals surface area contributed by atoms with Gasteiger partial charge in [-0.05, 0) is 19.4 Å². The molecule has 1 aromatic rings. The fraction of sp³-hybridized carbons (Fsp3) is 0.500. The number of nitrogens with zero attached hydrogens (tertiary/aromatic N) is 1. The van der Waals surface area contributed by atoms with Gasteiger partial charge < -0.3 is 4.90 Å². The molecule has 1 aliphatic heterocycles. The smallest absolute Gasteiger partial charge is 0.319 e. The number of carbonyl (C=O) groups is 1. The van der Waals surface area contributed by atoms with Crippen LogP contribution < -0.4 is 5.32 Å². The average molecular weight is 286 g/mol. The maximum atomic E-state index is 13.1. The van der Waals surface area contributed by atoms with Crippen LogP contribution in [0.4, 0.5) is 13.2 Å². The van der Waals surface area contributed by atoms with Crippen molar-refractivity contribution in [2.24, 2.45) is 0 Å². The van der Waals surface area contributed by atoms with E-state index in [-0.39, 0.29) is 24.1 Å². The molecule has 0 spiro atoms. The normalized spacial score (nSPS) is 21.4. The summed E-state index contributed by atoms with van der Waals surface area (Å²) in [4.78, 5) is 13.4. The van der Waals surface area contributed by atoms with E-state index in [9.17, 15) is 18.0 Å². The van der Waals surface area contributed by atoms with E-state index in [2.05, 4.69) is 5.32 Å². The molecule has 3 nitrogen and oxygen atoms in total. The van der Waals surface area contributed by atoms with E-state index >= 15 is 0 Å². The lowest BCUT2D eigenvalue weighted by Gasteiger charge is -2.31. The SMILES string of the molecule is CCC(C)N1C(=O)CNC1c1ccccc1C(F)(F)F. The van der Waals surface area contributed by atoms with Gasteiger partial charge in [0.05, 0.1) is 12.1 Å². The molecule has 20 heavy (non-hydrogen) atoms. The molecule has 0 radical (unpaired) electrons. The molecule has 1 fully saturated rings. The van der Waals surface area contributed by atoms with E-state index < -0.39 is 17.9 Å². The summed E-state index contributed by atoms with van der Waals surface area (Å²) in [5.74, 6) is -0.165. The minimum Gasteiger partial charge on any atom is -0.319 e. The molecule has 1 amide bonds. The van der Waals surface area contributed by atoms with Crippen LogP contribution in [0.5, 0.6) is 0 Å². The number of nitrogens with one attached hydrogen (secondary N) is 1. The first-order valence-corrected chi connectivity index (χ1v) is 6.57. The van der Waals surface area contributed by atoms with Gasteiger partial charge in [0, 0.05) is 11.6 Å². The van der Waals surface area contributed by atoms with Crippen molar-refractivity contribution in [2.75, 3.05) is 6.54 Å². The predicted octanol–water partition coefficient (Wildman–Crippen LogP) is 2.93. The summed E-state index contributed by atoms with van der Waals surface area (Å²) in [5, 5.41) is 2.88. The standard InChI is InChI=1S/C14H17F3N2O/c1-3-9(2)19-12(20)8-18-13(19)10-6-4-5-7-11(10)14(15,16)17/h4-7,9,13,18H,3,8H2,1-2H3. The van der Waals surface area contributed by atoms with Crippen LogP contribution >= 0.6 is 0 Å². The molecule has 1 N–H and O–H groups in total. The van der Waals surface area contributed by atoms with Crippen LogP contribution in [0.15, 0.2) is 24.3 Å². The second kappa shape index (κ2) is 5.44. The van der Waals surface area contributed by atoms with Crippen LogP contribution in [-0.2, 0) is 11.0 Å². The summed E-state index contributed by atoms with van der Waals surface area (Å²) >= 11 is 0. The molecular formula is C14H17F3N2O. The maximum absolute atomic E-state index is 13.1. The first kappa shape index (κ1) is 14.8. The zero-order valence-corrected chi connectivity index (χ0v) is 11.4. The number of hydrogen-bond acceptors (Lipinski definition) is 2. The van der Waals surface area contributed by atoms with Crippen molar-refractivity contribution >= 4 is 5.91 Å². The molecule has 1 aromatic carbocycles. The van der Waals surface area contributed by atoms with Crippen molar-refractivity contribution < 1.29 is 18.0 Å². The molecule has 2 atom stereocenters. The Labute approximate surface area is 115 Å². The topological polar surface area (TPSA) is 32.3 Å². The summed E-state index contributed by atoms with van der Waals surface area (Å²) in [7, 11) is 0. The van der Waals surface area contributed by atoms with E-state index in [1.54, 1.807) is 6.07 Å². The van der Waals surface area contributed by atoms with Crippen LogP contribution in [0.2, 0.25) is 0 Å². The fourth-order valence-electron chi connectivity index (χ4n) is 2.47. The molecule has 110 valence electrons. The second-order valence-corrected chi connectivity index (χ2v) is 4.93. The van der Waals surface area contributed by atoms with Gasteiger partial charge in [-0.3, -0.25) is 10.1 Å². The Kier molecular flexibility index (Phi) is 4.04. The van der Waals surface area contributed by atoms with Crippen LogP contribution in [0.1, 0.15) is 37.6 Å². The number of carbonyl (C=O) groups excluding carboxylic acids is 1. The third-order valence-corrected chi connectivity index (χ3v) is 3.64. The maximum Gasteiger partial charge on any atom is 0.416 e. The molecule has 6 heteroatoms. The van der Waals surface area contributed by atoms with Crippen molar-refractivity contribution in [3.05, 3.63) is 35.4 Å². The molecule has 1 heterocycles. The van der Waals surface area contributed by atoms with Crippen molar-refractivity contribution in [1.82, 2.24) is 10.2 Å². The summed E-state index contributed by atoms with van der Waals surface area (Å²) in [6.45, 7) is 3.82. The molecular weight excluding hydrogens is 269 g/mol. The van der Waals surface area contributed by atoms with Gasteiger partial charge in [0.15, 0.2) is 0 Å². The molecule has 0 bridgehead atoms. The number of rotatable bonds is 3. The van der Waals surface area contributed by atoms with Crippen molar-refractivity contribution in [1.29, 1.82) is 0 Å². The number of alkyl halides is 3. The number of amides is 1. The highest BCUT2D eigenvalue weighted by Gasteiger charge is 2.40. The highest BCUT2D eigenvalue weighted by Crippen LogP contribution is 2.37. The highest BCUT2D eigenvalue weighted by molar-refractivity contribution is 5.81. The quantitative estimate of drug-likeness (QED) is 0.926. The van der Waals surface area contributed by atoms with E-state index in [1.165, 1.54) is 17.0 Å². The van der Waals surface area contributed by atoms with Gasteiger partial charge in [0.1, 0.15) is 6.17 Å². The second-order valence-electron chi connectivity index (χ2n) is 4.93. The Morgan fingerprint density at radius 1 is 1.40 bits per heavy atom. The van der Waals surface area contributed by atoms with Crippen molar-refractivity contribution in [3.63, 3.8) is 0 Å². The van der Waals surface area contributed by atoms with E-state index in [0.29, 0.717) is 6.42 Å². The van der Waals surface area contributed by atoms with Gasteiger partial charge in [0.25, 0.3) is 0 Å². The van der Waals surface area contributed by atoms with Crippen molar-refractivity contribution in [3.8, 4) is 0 Å². The highest BCUT2D eigenvalue weighted by atomic mass is 19.4. The Hall–Kier alpha value is -1.56. The molecule has 2 rings (SSSR count). The minimum absolute atomic E-state index is 0.0706. The zero-order valence-electron chi connectivity index (χ0n) is 11.4. The van der Waals surface area contributed by atoms with E-state index in [0.717, 1.165) is 6.07 Å². The molecule has 1 aliphatic rings. The molecule has 1 saturated heterocycles. The Balaban J connectivity index is 2.43. The number of hydrogen-bond donors (Lipinski definition) is 1. The monoisotopic (exact) mass is 286 g/mol. The zero-order chi connectivity index (χ0) is 14.9. The summed E-state index contributed by atoms with van der Waals surface area (Å²) < 4.78 is 39.2. The lowest BCUT2D eigenvalue weighted by atomic mass is 10.0. The van der Waals surface area contributed by atoms with E-state index in [4.69, 9.17) is 0 Å². The summed E-state index contributed by atoms with van der Waals surface area (Å²) in [6.07, 6.45) is -4.45. The largest absolute Gasteiger partial charge is 0.416 e. The van der Waals surface area contributed by atoms with Crippen LogP contribution in [0.3, 0.4) is 0 Å². The molecule has 2 unspecified atom stereocenters. The van der Waals surface area contributed by atoms with E-state index in [1.807, 2.05) is 13.8 Å². The van der Waals surface area contributed by atoms with Gasteiger partial charge in [-0.2, -0.15) is 13.2 Å². The van der Waals surface area contributed by atoms with Crippen molar-refractivity contribution in [2.45, 2.75) is 38.7 Å². The lowest BCUT2D eigenvalue weighted by Crippen LogP contribution is -2.38. The minimum atomic E-state index is -4.43. The lowest BCUT2D eigenvalue weighted by molar-refractivity contribution is -0.140. The van der Waals surface area contributed by atoms with Gasteiger partial charge in [0.2, 0.25) is 5.91 Å². The third-order valence-electron chi connectivity index (χ3n) is 3.64. The molecule has 0 aromatic heterocycles. The molecule has 0 saturated carbocycles. The molecule has 0 aliphatic carbocycles. The third kappa shape index (κ3) is 2.65. The number of benzene rings is 1. The summed E-state index contributed by atoms with van der Waals surface area (Å²) in [5.41, 5.74) is -0.591. The Morgan fingerprint density at radius 3 is 2.65 bits per heavy atom. The van der Waals surface area contributed by atoms with Gasteiger partial charge in [-0.25, -0.2) is 0 Å². The Morgan fingerprint density at radius 2 is 2.05 bits per heavy atom. The summed E-state index contributed by atoms with van der Waals surface area (Å²) in [6, 6.07) is 5.28. The van der Waals surface area contributed by atoms with Crippen LogP contribution in [0, 0.1) is 0 Å². The first-order chi connectivity index (χ1) is 9.36. The van der Waals surface area contributed by atoms with Gasteiger partial charge in [-0.1, -0.05) is 25.1 Å². The Bertz CT molecular complexity index is 501. The number of halogens is 3. The van der Waals surface area contributed by atoms with Gasteiger partial charge >= 0.3 is 6.18 Å². The van der Waals surface area contributed by atoms with Crippen LogP contribution in [-0.4, -0.2) is 23.4 Å². The fourth-order valence-corrected chi connectivity index (χ4v) is 2.47. The van der Waals surface area contributed by atoms with Crippen LogP contribution in [0.25, 0.3) is 0 Å².